The molecule has 1 nitrogen and oxygen atoms in total. The highest BCUT2D eigenvalue weighted by Gasteiger charge is 2.42. The van der Waals surface area contributed by atoms with E-state index >= 15 is 0 Å². The van der Waals surface area contributed by atoms with Gasteiger partial charge in [0.25, 0.3) is 0 Å². The smallest absolute Gasteiger partial charge is 0.141 e. The Bertz CT molecular complexity index is 787. The summed E-state index contributed by atoms with van der Waals surface area (Å²) in [6.07, 6.45) is 0. The van der Waals surface area contributed by atoms with Gasteiger partial charge in [-0.1, -0.05) is 78.4 Å². The first-order valence-corrected chi connectivity index (χ1v) is 7.20. The fourth-order valence-electron chi connectivity index (χ4n) is 3.39. The van der Waals surface area contributed by atoms with Gasteiger partial charge < -0.3 is 5.11 Å². The molecule has 102 valence electrons. The SMILES string of the molecule is Cc1cccc(C2(O)c3ccccc3-c3ccccc32)c1. The molecule has 0 aromatic heterocycles. The number of aliphatic hydroxyl groups is 1. The molecular weight excluding hydrogens is 256 g/mol. The van der Waals surface area contributed by atoms with Gasteiger partial charge in [0.15, 0.2) is 0 Å². The molecule has 0 atom stereocenters. The summed E-state index contributed by atoms with van der Waals surface area (Å²) in [5.41, 5.74) is 5.21. The van der Waals surface area contributed by atoms with Crippen molar-refractivity contribution in [2.75, 3.05) is 0 Å². The van der Waals surface area contributed by atoms with Crippen LogP contribution in [-0.2, 0) is 5.60 Å². The molecule has 3 aromatic carbocycles. The molecule has 0 bridgehead atoms. The molecule has 1 aliphatic rings. The lowest BCUT2D eigenvalue weighted by Gasteiger charge is -2.26. The summed E-state index contributed by atoms with van der Waals surface area (Å²) < 4.78 is 0. The third kappa shape index (κ3) is 1.61. The van der Waals surface area contributed by atoms with Gasteiger partial charge in [-0.15, -0.1) is 0 Å². The van der Waals surface area contributed by atoms with E-state index in [4.69, 9.17) is 0 Å². The number of fused-ring (bicyclic) bond motifs is 3. The number of hydrogen-bond acceptors (Lipinski definition) is 1. The van der Waals surface area contributed by atoms with E-state index in [-0.39, 0.29) is 0 Å². The fourth-order valence-corrected chi connectivity index (χ4v) is 3.39. The number of rotatable bonds is 1. The van der Waals surface area contributed by atoms with Crippen LogP contribution in [0.3, 0.4) is 0 Å². The number of hydrogen-bond donors (Lipinski definition) is 1. The van der Waals surface area contributed by atoms with Gasteiger partial charge >= 0.3 is 0 Å². The fraction of sp³-hybridized carbons (Fsp3) is 0.100. The van der Waals surface area contributed by atoms with Gasteiger partial charge in [-0.25, -0.2) is 0 Å². The molecule has 4 rings (SSSR count). The van der Waals surface area contributed by atoms with E-state index in [0.29, 0.717) is 0 Å². The molecule has 0 saturated carbocycles. The highest BCUT2D eigenvalue weighted by atomic mass is 16.3. The number of benzene rings is 3. The van der Waals surface area contributed by atoms with E-state index in [0.717, 1.165) is 33.4 Å². The molecule has 3 aromatic rings. The minimum atomic E-state index is -1.06. The molecular formula is C20H16O. The highest BCUT2D eigenvalue weighted by molar-refractivity contribution is 5.82. The highest BCUT2D eigenvalue weighted by Crippen LogP contribution is 2.50. The van der Waals surface area contributed by atoms with Crippen molar-refractivity contribution in [3.63, 3.8) is 0 Å². The van der Waals surface area contributed by atoms with Gasteiger partial charge in [-0.2, -0.15) is 0 Å². The van der Waals surface area contributed by atoms with E-state index in [9.17, 15) is 5.11 Å². The third-order valence-corrected chi connectivity index (χ3v) is 4.36. The summed E-state index contributed by atoms with van der Waals surface area (Å²) in [7, 11) is 0. The lowest BCUT2D eigenvalue weighted by Crippen LogP contribution is -2.26. The standard InChI is InChI=1S/C20H16O/c1-14-7-6-8-15(13-14)20(21)18-11-4-2-9-16(18)17-10-3-5-12-19(17)20/h2-13,21H,1H3. The van der Waals surface area contributed by atoms with Crippen molar-refractivity contribution in [1.82, 2.24) is 0 Å². The summed E-state index contributed by atoms with van der Waals surface area (Å²) in [6, 6.07) is 24.4. The first kappa shape index (κ1) is 12.4. The molecule has 0 unspecified atom stereocenters. The van der Waals surface area contributed by atoms with E-state index in [1.165, 1.54) is 0 Å². The minimum absolute atomic E-state index is 0.930. The van der Waals surface area contributed by atoms with Gasteiger partial charge in [-0.05, 0) is 23.6 Å². The summed E-state index contributed by atoms with van der Waals surface area (Å²) in [6.45, 7) is 2.06. The van der Waals surface area contributed by atoms with Gasteiger partial charge in [0.05, 0.1) is 0 Å². The predicted octanol–water partition coefficient (Wildman–Crippen LogP) is 4.26. The van der Waals surface area contributed by atoms with Crippen LogP contribution in [0, 0.1) is 6.92 Å². The molecule has 21 heavy (non-hydrogen) atoms. The average Bonchev–Trinajstić information content (AvgIpc) is 2.79. The topological polar surface area (TPSA) is 20.2 Å². The Morgan fingerprint density at radius 1 is 0.714 bits per heavy atom. The van der Waals surface area contributed by atoms with Crippen LogP contribution in [0.1, 0.15) is 22.3 Å². The van der Waals surface area contributed by atoms with Crippen LogP contribution in [0.2, 0.25) is 0 Å². The maximum absolute atomic E-state index is 11.6. The van der Waals surface area contributed by atoms with Crippen molar-refractivity contribution in [1.29, 1.82) is 0 Å². The van der Waals surface area contributed by atoms with Crippen molar-refractivity contribution in [2.24, 2.45) is 0 Å². The number of aryl methyl sites for hydroxylation is 1. The van der Waals surface area contributed by atoms with Crippen LogP contribution in [0.4, 0.5) is 0 Å². The Hall–Kier alpha value is -2.38. The Kier molecular flexibility index (Phi) is 2.54. The molecule has 1 heteroatoms. The Labute approximate surface area is 124 Å². The summed E-state index contributed by atoms with van der Waals surface area (Å²) in [5, 5.41) is 11.6. The Balaban J connectivity index is 2.09. The molecule has 0 saturated heterocycles. The zero-order valence-corrected chi connectivity index (χ0v) is 11.9. The molecule has 0 amide bonds. The summed E-state index contributed by atoms with van der Waals surface area (Å²) in [4.78, 5) is 0. The molecule has 0 aliphatic heterocycles. The molecule has 0 radical (unpaired) electrons. The first-order chi connectivity index (χ1) is 10.2. The van der Waals surface area contributed by atoms with E-state index in [2.05, 4.69) is 31.2 Å². The molecule has 1 N–H and O–H groups in total. The maximum atomic E-state index is 11.6. The second-order valence-corrected chi connectivity index (χ2v) is 5.67. The van der Waals surface area contributed by atoms with Crippen LogP contribution in [0.5, 0.6) is 0 Å². The molecule has 0 spiro atoms. The van der Waals surface area contributed by atoms with Crippen molar-refractivity contribution in [3.05, 3.63) is 95.1 Å². The van der Waals surface area contributed by atoms with Gasteiger partial charge in [0, 0.05) is 11.1 Å². The molecule has 0 fully saturated rings. The lowest BCUT2D eigenvalue weighted by molar-refractivity contribution is 0.130. The Morgan fingerprint density at radius 3 is 1.86 bits per heavy atom. The summed E-state index contributed by atoms with van der Waals surface area (Å²) >= 11 is 0. The quantitative estimate of drug-likeness (QED) is 0.701. The normalized spacial score (nSPS) is 14.6. The largest absolute Gasteiger partial charge is 0.376 e. The van der Waals surface area contributed by atoms with E-state index < -0.39 is 5.60 Å². The lowest BCUT2D eigenvalue weighted by atomic mass is 9.84. The second kappa shape index (κ2) is 4.31. The van der Waals surface area contributed by atoms with Crippen molar-refractivity contribution < 1.29 is 5.11 Å². The van der Waals surface area contributed by atoms with E-state index in [1.54, 1.807) is 0 Å². The van der Waals surface area contributed by atoms with E-state index in [1.807, 2.05) is 48.5 Å². The third-order valence-electron chi connectivity index (χ3n) is 4.36. The van der Waals surface area contributed by atoms with Crippen LogP contribution < -0.4 is 0 Å². The summed E-state index contributed by atoms with van der Waals surface area (Å²) in [5.74, 6) is 0. The maximum Gasteiger partial charge on any atom is 0.141 e. The van der Waals surface area contributed by atoms with Crippen LogP contribution in [-0.4, -0.2) is 5.11 Å². The van der Waals surface area contributed by atoms with Crippen LogP contribution >= 0.6 is 0 Å². The van der Waals surface area contributed by atoms with Gasteiger partial charge in [0.1, 0.15) is 5.60 Å². The van der Waals surface area contributed by atoms with Crippen LogP contribution in [0.25, 0.3) is 11.1 Å². The van der Waals surface area contributed by atoms with Gasteiger partial charge in [0.2, 0.25) is 0 Å². The van der Waals surface area contributed by atoms with Gasteiger partial charge in [-0.3, -0.25) is 0 Å². The van der Waals surface area contributed by atoms with Crippen molar-refractivity contribution in [3.8, 4) is 11.1 Å². The average molecular weight is 272 g/mol. The zero-order chi connectivity index (χ0) is 14.4. The van der Waals surface area contributed by atoms with Crippen molar-refractivity contribution >= 4 is 0 Å². The first-order valence-electron chi connectivity index (χ1n) is 7.20. The molecule has 1 aliphatic carbocycles. The monoisotopic (exact) mass is 272 g/mol. The zero-order valence-electron chi connectivity index (χ0n) is 11.9. The second-order valence-electron chi connectivity index (χ2n) is 5.67. The molecule has 0 heterocycles. The van der Waals surface area contributed by atoms with Crippen molar-refractivity contribution in [2.45, 2.75) is 12.5 Å². The predicted molar refractivity (Wildman–Crippen MR) is 85.2 cm³/mol. The Morgan fingerprint density at radius 2 is 1.29 bits per heavy atom. The van der Waals surface area contributed by atoms with Crippen LogP contribution in [0.15, 0.2) is 72.8 Å². The minimum Gasteiger partial charge on any atom is -0.376 e.